The number of amides is 2. The Kier molecular flexibility index (Phi) is 9.34. The molecule has 45 heavy (non-hydrogen) atoms. The maximum absolute atomic E-state index is 13.9. The molecule has 9 nitrogen and oxygen atoms in total. The number of anilines is 1. The van der Waals surface area contributed by atoms with Crippen molar-refractivity contribution in [2.75, 3.05) is 33.2 Å². The number of nitriles is 1. The number of carbonyl (C=O) groups is 2. The number of guanidine groups is 1. The van der Waals surface area contributed by atoms with E-state index >= 15 is 0 Å². The highest BCUT2D eigenvalue weighted by atomic mass is 19.4. The van der Waals surface area contributed by atoms with Crippen molar-refractivity contribution < 1.29 is 32.0 Å². The van der Waals surface area contributed by atoms with Crippen LogP contribution in [0.1, 0.15) is 40.8 Å². The average molecular weight is 620 g/mol. The number of allylic oxidation sites excluding steroid dienone is 1. The molecule has 0 aromatic heterocycles. The summed E-state index contributed by atoms with van der Waals surface area (Å²) in [6.07, 6.45) is -4.67. The summed E-state index contributed by atoms with van der Waals surface area (Å²) < 4.78 is 46.8. The summed E-state index contributed by atoms with van der Waals surface area (Å²) in [5.41, 5.74) is 1.63. The van der Waals surface area contributed by atoms with E-state index in [0.29, 0.717) is 11.1 Å². The van der Waals surface area contributed by atoms with E-state index in [1.54, 1.807) is 12.1 Å². The molecule has 1 heterocycles. The lowest BCUT2D eigenvalue weighted by Crippen LogP contribution is -2.56. The second-order valence-corrected chi connectivity index (χ2v) is 11.6. The minimum Gasteiger partial charge on any atom is -0.466 e. The second-order valence-electron chi connectivity index (χ2n) is 11.6. The van der Waals surface area contributed by atoms with Gasteiger partial charge in [-0.05, 0) is 48.4 Å². The van der Waals surface area contributed by atoms with E-state index < -0.39 is 35.7 Å². The molecule has 0 saturated carbocycles. The Morgan fingerprint density at radius 2 is 1.64 bits per heavy atom. The summed E-state index contributed by atoms with van der Waals surface area (Å²) >= 11 is 0. The number of quaternary nitrogens is 1. The number of methoxy groups -OCH3 is 1. The molecule has 2 N–H and O–H groups in total. The maximum Gasteiger partial charge on any atom is 0.416 e. The number of carbonyl (C=O) groups excluding carboxylic acids is 2. The van der Waals surface area contributed by atoms with Crippen molar-refractivity contribution >= 4 is 23.6 Å². The molecule has 0 bridgehead atoms. The number of hydrogen-bond acceptors (Lipinski definition) is 5. The fourth-order valence-electron chi connectivity index (χ4n) is 5.19. The highest BCUT2D eigenvalue weighted by molar-refractivity contribution is 6.10. The number of urea groups is 1. The van der Waals surface area contributed by atoms with Gasteiger partial charge in [-0.2, -0.15) is 18.4 Å². The van der Waals surface area contributed by atoms with Gasteiger partial charge in [-0.1, -0.05) is 42.5 Å². The Morgan fingerprint density at radius 3 is 2.20 bits per heavy atom. The fraction of sp³-hybridized carbons (Fsp3) is 0.273. The van der Waals surface area contributed by atoms with Gasteiger partial charge in [0, 0.05) is 23.5 Å². The third-order valence-electron chi connectivity index (χ3n) is 7.23. The standard InChI is InChI=1S/C33H33F3N6O3/c1-21-28(30(43)45-5)29(25-15-13-22(18-37)14-16-25)41(31(38)40(21)27-8-6-7-26(17-27)33(34,35)36)32(44)39-19-23-9-11-24(12-10-23)20-42(2,3)4/h6-17,29,38H,19-20H2,1-5H3/p+1. The van der Waals surface area contributed by atoms with Crippen LogP contribution in [0.4, 0.5) is 23.7 Å². The van der Waals surface area contributed by atoms with Crippen LogP contribution in [0.2, 0.25) is 0 Å². The van der Waals surface area contributed by atoms with E-state index in [-0.39, 0.29) is 23.5 Å². The molecule has 1 atom stereocenters. The minimum absolute atomic E-state index is 0.0598. The number of ether oxygens (including phenoxy) is 1. The summed E-state index contributed by atoms with van der Waals surface area (Å²) in [6, 6.07) is 18.2. The topological polar surface area (TPSA) is 110 Å². The molecule has 2 amide bonds. The van der Waals surface area contributed by atoms with Crippen LogP contribution in [-0.2, 0) is 28.8 Å². The second kappa shape index (κ2) is 12.8. The lowest BCUT2D eigenvalue weighted by atomic mass is 9.92. The molecule has 0 fully saturated rings. The monoisotopic (exact) mass is 619 g/mol. The van der Waals surface area contributed by atoms with Gasteiger partial charge in [0.05, 0.1) is 51.0 Å². The van der Waals surface area contributed by atoms with Gasteiger partial charge < -0.3 is 14.5 Å². The van der Waals surface area contributed by atoms with Crippen molar-refractivity contribution in [2.24, 2.45) is 0 Å². The number of halogens is 3. The number of nitrogens with zero attached hydrogens (tertiary/aromatic N) is 4. The zero-order chi connectivity index (χ0) is 33.1. The smallest absolute Gasteiger partial charge is 0.416 e. The number of rotatable bonds is 7. The van der Waals surface area contributed by atoms with E-state index in [1.807, 2.05) is 30.3 Å². The molecule has 0 aliphatic carbocycles. The van der Waals surface area contributed by atoms with Crippen molar-refractivity contribution in [2.45, 2.75) is 32.2 Å². The molecule has 3 aromatic rings. The van der Waals surface area contributed by atoms with Gasteiger partial charge in [0.2, 0.25) is 5.96 Å². The first-order valence-electron chi connectivity index (χ1n) is 13.9. The van der Waals surface area contributed by atoms with Crippen molar-refractivity contribution in [3.8, 4) is 6.07 Å². The molecule has 1 aliphatic heterocycles. The predicted octanol–water partition coefficient (Wildman–Crippen LogP) is 5.94. The van der Waals surface area contributed by atoms with E-state index in [1.165, 1.54) is 31.2 Å². The minimum atomic E-state index is -4.67. The molecule has 3 aromatic carbocycles. The van der Waals surface area contributed by atoms with Gasteiger partial charge in [0.1, 0.15) is 12.6 Å². The van der Waals surface area contributed by atoms with Crippen LogP contribution in [0, 0.1) is 16.7 Å². The van der Waals surface area contributed by atoms with Gasteiger partial charge in [-0.3, -0.25) is 15.2 Å². The lowest BCUT2D eigenvalue weighted by molar-refractivity contribution is -0.884. The Hall–Kier alpha value is -5.15. The molecule has 234 valence electrons. The van der Waals surface area contributed by atoms with Crippen molar-refractivity contribution in [1.82, 2.24) is 10.2 Å². The zero-order valence-corrected chi connectivity index (χ0v) is 25.6. The van der Waals surface area contributed by atoms with Crippen LogP contribution in [0.15, 0.2) is 84.1 Å². The number of nitrogens with one attached hydrogen (secondary N) is 2. The SMILES string of the molecule is COC(=O)C1=C(C)N(c2cccc(C(F)(F)F)c2)C(=N)N(C(=O)NCc2ccc(C[N+](C)(C)C)cc2)C1c1ccc(C#N)cc1. The third-order valence-corrected chi connectivity index (χ3v) is 7.23. The highest BCUT2D eigenvalue weighted by Crippen LogP contribution is 2.41. The van der Waals surface area contributed by atoms with Crippen LogP contribution >= 0.6 is 0 Å². The Bertz CT molecular complexity index is 1670. The molecule has 0 saturated heterocycles. The summed E-state index contributed by atoms with van der Waals surface area (Å²) in [5.74, 6) is -1.32. The van der Waals surface area contributed by atoms with E-state index in [2.05, 4.69) is 26.5 Å². The van der Waals surface area contributed by atoms with Crippen molar-refractivity contribution in [3.05, 3.63) is 112 Å². The van der Waals surface area contributed by atoms with Gasteiger partial charge in [-0.25, -0.2) is 9.59 Å². The molecule has 12 heteroatoms. The predicted molar refractivity (Wildman–Crippen MR) is 163 cm³/mol. The van der Waals surface area contributed by atoms with Crippen LogP contribution in [0.25, 0.3) is 0 Å². The molecule has 1 unspecified atom stereocenters. The van der Waals surface area contributed by atoms with Crippen molar-refractivity contribution in [3.63, 3.8) is 0 Å². The van der Waals surface area contributed by atoms with Gasteiger partial charge in [0.15, 0.2) is 0 Å². The Balaban J connectivity index is 1.79. The molecule has 1 aliphatic rings. The third kappa shape index (κ3) is 7.33. The maximum atomic E-state index is 13.9. The summed E-state index contributed by atoms with van der Waals surface area (Å²) in [6.45, 7) is 2.36. The number of esters is 1. The zero-order valence-electron chi connectivity index (χ0n) is 25.6. The molecule has 0 spiro atoms. The average Bonchev–Trinajstić information content (AvgIpc) is 2.99. The van der Waals surface area contributed by atoms with Crippen LogP contribution < -0.4 is 10.2 Å². The molecule has 4 rings (SSSR count). The lowest BCUT2D eigenvalue weighted by Gasteiger charge is -2.43. The summed E-state index contributed by atoms with van der Waals surface area (Å²) in [5, 5.41) is 21.2. The van der Waals surface area contributed by atoms with Gasteiger partial charge in [0.25, 0.3) is 0 Å². The Labute approximate surface area is 259 Å². The number of benzene rings is 3. The first-order valence-corrected chi connectivity index (χ1v) is 13.9. The number of alkyl halides is 3. The molecular formula is C33H34F3N6O3+. The van der Waals surface area contributed by atoms with Gasteiger partial charge in [-0.15, -0.1) is 0 Å². The van der Waals surface area contributed by atoms with Gasteiger partial charge >= 0.3 is 18.2 Å². The van der Waals surface area contributed by atoms with Crippen LogP contribution in [0.5, 0.6) is 0 Å². The molecule has 0 radical (unpaired) electrons. The first kappa shape index (κ1) is 32.8. The van der Waals surface area contributed by atoms with E-state index in [0.717, 1.165) is 51.2 Å². The molecular weight excluding hydrogens is 585 g/mol. The highest BCUT2D eigenvalue weighted by Gasteiger charge is 2.44. The largest absolute Gasteiger partial charge is 0.466 e. The van der Waals surface area contributed by atoms with Crippen LogP contribution in [0.3, 0.4) is 0 Å². The number of hydrogen-bond donors (Lipinski definition) is 2. The normalized spacial score (nSPS) is 15.5. The summed E-state index contributed by atoms with van der Waals surface area (Å²) in [7, 11) is 7.38. The van der Waals surface area contributed by atoms with Crippen LogP contribution in [-0.4, -0.2) is 55.6 Å². The van der Waals surface area contributed by atoms with E-state index in [9.17, 15) is 28.0 Å². The Morgan fingerprint density at radius 1 is 1.02 bits per heavy atom. The quantitative estimate of drug-likeness (QED) is 0.252. The first-order chi connectivity index (χ1) is 21.1. The van der Waals surface area contributed by atoms with E-state index in [4.69, 9.17) is 10.1 Å². The summed E-state index contributed by atoms with van der Waals surface area (Å²) in [4.78, 5) is 29.4. The fourth-order valence-corrected chi connectivity index (χ4v) is 5.19. The van der Waals surface area contributed by atoms with Crippen molar-refractivity contribution in [1.29, 1.82) is 10.7 Å².